The van der Waals surface area contributed by atoms with Gasteiger partial charge in [0, 0.05) is 32.4 Å². The number of halogens is 2. The fourth-order valence-corrected chi connectivity index (χ4v) is 4.85. The third-order valence-corrected chi connectivity index (χ3v) is 6.55. The molecular formula is C20H18FIN4S. The van der Waals surface area contributed by atoms with Crippen molar-refractivity contribution in [3.05, 3.63) is 80.7 Å². The summed E-state index contributed by atoms with van der Waals surface area (Å²) in [4.78, 5) is 10.1. The number of anilines is 1. The van der Waals surface area contributed by atoms with Gasteiger partial charge in [-0.2, -0.15) is 0 Å². The molecule has 3 heterocycles. The summed E-state index contributed by atoms with van der Waals surface area (Å²) in [6, 6.07) is 12.1. The van der Waals surface area contributed by atoms with Gasteiger partial charge in [-0.3, -0.25) is 4.98 Å². The number of aromatic amines is 1. The van der Waals surface area contributed by atoms with Crippen LogP contribution in [0.25, 0.3) is 0 Å². The molecule has 7 heteroatoms. The Hall–Kier alpha value is -2.00. The minimum Gasteiger partial charge on any atom is -0.362 e. The predicted molar refractivity (Wildman–Crippen MR) is 117 cm³/mol. The van der Waals surface area contributed by atoms with Crippen LogP contribution in [0.2, 0.25) is 0 Å². The van der Waals surface area contributed by atoms with Crippen LogP contribution in [0.15, 0.2) is 48.7 Å². The number of aromatic nitrogens is 2. The topological polar surface area (TPSA) is 44.0 Å². The normalized spacial score (nSPS) is 19.4. The van der Waals surface area contributed by atoms with Crippen molar-refractivity contribution in [2.75, 3.05) is 4.90 Å². The molecule has 138 valence electrons. The second-order valence-corrected chi connectivity index (χ2v) is 8.04. The summed E-state index contributed by atoms with van der Waals surface area (Å²) in [6.45, 7) is 4.14. The molecule has 2 atom stereocenters. The number of thiocarbonyl (C=S) groups is 1. The molecule has 4 nitrogen and oxygen atoms in total. The Balaban J connectivity index is 1.89. The molecule has 2 N–H and O–H groups in total. The van der Waals surface area contributed by atoms with Crippen molar-refractivity contribution in [3.63, 3.8) is 0 Å². The molecule has 1 saturated heterocycles. The van der Waals surface area contributed by atoms with Crippen molar-refractivity contribution < 1.29 is 4.39 Å². The van der Waals surface area contributed by atoms with E-state index in [-0.39, 0.29) is 17.9 Å². The summed E-state index contributed by atoms with van der Waals surface area (Å²) < 4.78 is 14.7. The van der Waals surface area contributed by atoms with Crippen molar-refractivity contribution in [1.29, 1.82) is 0 Å². The minimum atomic E-state index is -0.266. The van der Waals surface area contributed by atoms with Crippen molar-refractivity contribution in [2.24, 2.45) is 0 Å². The smallest absolute Gasteiger partial charge is 0.174 e. The maximum absolute atomic E-state index is 13.5. The van der Waals surface area contributed by atoms with Crippen LogP contribution in [0.3, 0.4) is 0 Å². The Morgan fingerprint density at radius 2 is 1.85 bits per heavy atom. The van der Waals surface area contributed by atoms with Gasteiger partial charge in [-0.1, -0.05) is 6.07 Å². The lowest BCUT2D eigenvalue weighted by Crippen LogP contribution is -2.29. The number of rotatable bonds is 3. The van der Waals surface area contributed by atoms with E-state index in [1.807, 2.05) is 18.2 Å². The van der Waals surface area contributed by atoms with E-state index in [9.17, 15) is 4.39 Å². The third-order valence-electron chi connectivity index (χ3n) is 4.84. The molecule has 0 radical (unpaired) electrons. The van der Waals surface area contributed by atoms with Gasteiger partial charge in [0.2, 0.25) is 0 Å². The molecule has 2 aromatic heterocycles. The number of pyridine rings is 1. The van der Waals surface area contributed by atoms with Crippen LogP contribution in [0.4, 0.5) is 10.1 Å². The summed E-state index contributed by atoms with van der Waals surface area (Å²) in [5, 5.41) is 4.04. The Kier molecular flexibility index (Phi) is 4.90. The third kappa shape index (κ3) is 3.23. The molecule has 1 aromatic carbocycles. The van der Waals surface area contributed by atoms with Gasteiger partial charge in [0.15, 0.2) is 5.11 Å². The summed E-state index contributed by atoms with van der Waals surface area (Å²) >= 11 is 8.06. The Morgan fingerprint density at radius 1 is 1.11 bits per heavy atom. The Labute approximate surface area is 176 Å². The minimum absolute atomic E-state index is 0.0882. The molecule has 4 rings (SSSR count). The average molecular weight is 492 g/mol. The highest BCUT2D eigenvalue weighted by Gasteiger charge is 2.42. The zero-order valence-corrected chi connectivity index (χ0v) is 17.8. The summed E-state index contributed by atoms with van der Waals surface area (Å²) in [5.74, 6) is -0.266. The number of aryl methyl sites for hydroxylation is 2. The lowest BCUT2D eigenvalue weighted by atomic mass is 9.96. The summed E-state index contributed by atoms with van der Waals surface area (Å²) in [6.07, 6.45) is 1.79. The molecule has 3 aromatic rings. The maximum atomic E-state index is 13.5. The number of nitrogens with one attached hydrogen (secondary N) is 2. The number of H-pyrrole nitrogens is 1. The van der Waals surface area contributed by atoms with Crippen LogP contribution in [0.1, 0.15) is 34.7 Å². The highest BCUT2D eigenvalue weighted by molar-refractivity contribution is 14.1. The predicted octanol–water partition coefficient (Wildman–Crippen LogP) is 4.95. The van der Waals surface area contributed by atoms with E-state index >= 15 is 0 Å². The molecule has 0 unspecified atom stereocenters. The molecule has 0 spiro atoms. The first-order valence-corrected chi connectivity index (χ1v) is 10.1. The van der Waals surface area contributed by atoms with E-state index in [0.29, 0.717) is 5.11 Å². The van der Waals surface area contributed by atoms with Gasteiger partial charge >= 0.3 is 0 Å². The molecule has 0 saturated carbocycles. The van der Waals surface area contributed by atoms with Crippen LogP contribution in [0, 0.1) is 23.2 Å². The van der Waals surface area contributed by atoms with E-state index in [1.165, 1.54) is 21.3 Å². The van der Waals surface area contributed by atoms with Gasteiger partial charge in [0.25, 0.3) is 0 Å². The van der Waals surface area contributed by atoms with E-state index in [2.05, 4.69) is 56.6 Å². The average Bonchev–Trinajstić information content (AvgIpc) is 3.12. The van der Waals surface area contributed by atoms with E-state index in [1.54, 1.807) is 18.3 Å². The van der Waals surface area contributed by atoms with E-state index in [4.69, 9.17) is 12.2 Å². The van der Waals surface area contributed by atoms with Gasteiger partial charge in [0.1, 0.15) is 5.82 Å². The largest absolute Gasteiger partial charge is 0.362 e. The lowest BCUT2D eigenvalue weighted by Gasteiger charge is -2.28. The zero-order valence-electron chi connectivity index (χ0n) is 14.8. The molecule has 0 bridgehead atoms. The highest BCUT2D eigenvalue weighted by atomic mass is 127. The van der Waals surface area contributed by atoms with Gasteiger partial charge in [-0.05, 0) is 85.1 Å². The molecule has 0 aliphatic carbocycles. The molecule has 0 amide bonds. The first-order valence-electron chi connectivity index (χ1n) is 8.58. The Bertz CT molecular complexity index is 987. The van der Waals surface area contributed by atoms with Crippen LogP contribution >= 0.6 is 34.8 Å². The standard InChI is InChI=1S/C20H18FIN4S/c1-11-16(17(22)12(2)24-11)19-18(15-5-3-4-10-23-15)25-20(27)26(19)14-8-6-13(21)7-9-14/h3-10,18-19,24H,1-2H3,(H,25,27)/t18-,19+/m1/s1. The number of hydrogen-bond acceptors (Lipinski definition) is 2. The number of hydrogen-bond donors (Lipinski definition) is 2. The molecular weight excluding hydrogens is 474 g/mol. The number of nitrogens with zero attached hydrogens (tertiary/aromatic N) is 2. The van der Waals surface area contributed by atoms with Gasteiger partial charge in [-0.25, -0.2) is 4.39 Å². The van der Waals surface area contributed by atoms with Crippen LogP contribution < -0.4 is 10.2 Å². The molecule has 1 aliphatic rings. The van der Waals surface area contributed by atoms with Gasteiger partial charge in [-0.15, -0.1) is 0 Å². The first-order chi connectivity index (χ1) is 13.0. The van der Waals surface area contributed by atoms with Crippen LogP contribution in [-0.4, -0.2) is 15.1 Å². The van der Waals surface area contributed by atoms with Crippen molar-refractivity contribution in [3.8, 4) is 0 Å². The SMILES string of the molecule is Cc1[nH]c(C)c([C@H]2[C@@H](c3ccccn3)NC(=S)N2c2ccc(F)cc2)c1I. The first kappa shape index (κ1) is 18.4. The second-order valence-electron chi connectivity index (χ2n) is 6.58. The summed E-state index contributed by atoms with van der Waals surface area (Å²) in [7, 11) is 0. The summed E-state index contributed by atoms with van der Waals surface area (Å²) in [5.41, 5.74) is 5.18. The quantitative estimate of drug-likeness (QED) is 0.402. The van der Waals surface area contributed by atoms with Crippen LogP contribution in [-0.2, 0) is 0 Å². The zero-order chi connectivity index (χ0) is 19.1. The number of benzene rings is 1. The molecule has 27 heavy (non-hydrogen) atoms. The fraction of sp³-hybridized carbons (Fsp3) is 0.200. The van der Waals surface area contributed by atoms with Gasteiger partial charge < -0.3 is 15.2 Å². The maximum Gasteiger partial charge on any atom is 0.174 e. The second kappa shape index (κ2) is 7.20. The monoisotopic (exact) mass is 492 g/mol. The van der Waals surface area contributed by atoms with E-state index in [0.717, 1.165) is 22.8 Å². The highest BCUT2D eigenvalue weighted by Crippen LogP contribution is 2.44. The fourth-order valence-electron chi connectivity index (χ4n) is 3.65. The van der Waals surface area contributed by atoms with Gasteiger partial charge in [0.05, 0.1) is 17.8 Å². The molecule has 1 fully saturated rings. The molecule has 1 aliphatic heterocycles. The van der Waals surface area contributed by atoms with Crippen molar-refractivity contribution >= 4 is 45.6 Å². The van der Waals surface area contributed by atoms with Crippen molar-refractivity contribution in [1.82, 2.24) is 15.3 Å². The van der Waals surface area contributed by atoms with Crippen molar-refractivity contribution in [2.45, 2.75) is 25.9 Å². The van der Waals surface area contributed by atoms with Crippen LogP contribution in [0.5, 0.6) is 0 Å². The lowest BCUT2D eigenvalue weighted by molar-refractivity contribution is 0.564. The van der Waals surface area contributed by atoms with E-state index < -0.39 is 0 Å². The Morgan fingerprint density at radius 3 is 2.44 bits per heavy atom.